The third kappa shape index (κ3) is 3.22. The molecular weight excluding hydrogens is 454 g/mol. The minimum atomic E-state index is -0.802. The first-order valence-corrected chi connectivity index (χ1v) is 14.3. The van der Waals surface area contributed by atoms with Gasteiger partial charge in [0.25, 0.3) is 0 Å². The van der Waals surface area contributed by atoms with Crippen molar-refractivity contribution in [3.63, 3.8) is 0 Å². The van der Waals surface area contributed by atoms with E-state index in [1.807, 2.05) is 12.1 Å². The fourth-order valence-electron chi connectivity index (χ4n) is 5.34. The van der Waals surface area contributed by atoms with Crippen molar-refractivity contribution in [2.45, 2.75) is 6.55 Å². The van der Waals surface area contributed by atoms with Crippen molar-refractivity contribution in [1.82, 2.24) is 9.55 Å². The van der Waals surface area contributed by atoms with Crippen molar-refractivity contribution in [1.29, 1.82) is 0 Å². The van der Waals surface area contributed by atoms with E-state index in [0.717, 1.165) is 33.8 Å². The highest BCUT2D eigenvalue weighted by atomic mass is 28.3. The fraction of sp³-hybridized carbons (Fsp3) is 0.0312. The third-order valence-electron chi connectivity index (χ3n) is 7.06. The summed E-state index contributed by atoms with van der Waals surface area (Å²) in [5.41, 5.74) is 8.06. The zero-order valence-electron chi connectivity index (χ0n) is 20.0. The summed E-state index contributed by atoms with van der Waals surface area (Å²) in [4.78, 5) is 7.45. The van der Waals surface area contributed by atoms with Crippen LogP contribution in [-0.2, 0) is 0 Å². The summed E-state index contributed by atoms with van der Waals surface area (Å²) in [6, 6.07) is 45.4. The van der Waals surface area contributed by atoms with E-state index in [1.165, 1.54) is 21.7 Å². The molecule has 6 aromatic rings. The molecule has 1 aliphatic rings. The molecule has 0 saturated heterocycles. The first-order chi connectivity index (χ1) is 17.8. The lowest BCUT2D eigenvalue weighted by molar-refractivity contribution is 1.10. The first kappa shape index (κ1) is 20.9. The Morgan fingerprint density at radius 3 is 1.83 bits per heavy atom. The monoisotopic (exact) mass is 478 g/mol. The Hall–Kier alpha value is -4.41. The molecule has 2 heterocycles. The van der Waals surface area contributed by atoms with E-state index in [0.29, 0.717) is 0 Å². The quantitative estimate of drug-likeness (QED) is 0.264. The van der Waals surface area contributed by atoms with Crippen molar-refractivity contribution in [2.75, 3.05) is 4.90 Å². The van der Waals surface area contributed by atoms with Gasteiger partial charge in [0.2, 0.25) is 0 Å². The zero-order valence-corrected chi connectivity index (χ0v) is 21.0. The summed E-state index contributed by atoms with van der Waals surface area (Å²) < 4.78 is 2.25. The number of rotatable bonds is 3. The van der Waals surface area contributed by atoms with Gasteiger partial charge >= 0.3 is 0 Å². The van der Waals surface area contributed by atoms with Gasteiger partial charge in [0, 0.05) is 28.3 Å². The van der Waals surface area contributed by atoms with E-state index in [-0.39, 0.29) is 0 Å². The Kier molecular flexibility index (Phi) is 4.86. The Bertz CT molecular complexity index is 1660. The van der Waals surface area contributed by atoms with Crippen LogP contribution in [0.3, 0.4) is 0 Å². The Balaban J connectivity index is 1.37. The van der Waals surface area contributed by atoms with Crippen LogP contribution in [0.5, 0.6) is 0 Å². The van der Waals surface area contributed by atoms with Crippen molar-refractivity contribution in [3.8, 4) is 17.1 Å². The second-order valence-corrected chi connectivity index (χ2v) is 11.5. The third-order valence-corrected chi connectivity index (χ3v) is 9.52. The molecule has 1 aliphatic heterocycles. The topological polar surface area (TPSA) is 21.1 Å². The number of aromatic nitrogens is 2. The van der Waals surface area contributed by atoms with E-state index >= 15 is 0 Å². The van der Waals surface area contributed by atoms with Crippen LogP contribution in [0.25, 0.3) is 28.1 Å². The number of anilines is 3. The number of nitrogens with zero attached hydrogens (tertiary/aromatic N) is 3. The molecule has 0 amide bonds. The first-order valence-electron chi connectivity index (χ1n) is 12.3. The van der Waals surface area contributed by atoms with Gasteiger partial charge in [-0.15, -0.1) is 0 Å². The smallest absolute Gasteiger partial charge is 0.145 e. The van der Waals surface area contributed by atoms with Crippen LogP contribution < -0.4 is 15.3 Å². The van der Waals surface area contributed by atoms with Gasteiger partial charge in [-0.3, -0.25) is 4.57 Å². The van der Waals surface area contributed by atoms with Crippen LogP contribution in [0, 0.1) is 0 Å². The maximum Gasteiger partial charge on any atom is 0.145 e. The number of para-hydroxylation sites is 5. The van der Waals surface area contributed by atoms with E-state index in [9.17, 15) is 0 Å². The van der Waals surface area contributed by atoms with Crippen molar-refractivity contribution < 1.29 is 0 Å². The average Bonchev–Trinajstić information content (AvgIpc) is 3.34. The molecule has 3 nitrogen and oxygen atoms in total. The molecule has 0 bridgehead atoms. The molecular formula is C32H24N3Si. The maximum atomic E-state index is 5.04. The minimum Gasteiger partial charge on any atom is -0.311 e. The predicted octanol–water partition coefficient (Wildman–Crippen LogP) is 6.71. The maximum absolute atomic E-state index is 5.04. The Morgan fingerprint density at radius 1 is 0.556 bits per heavy atom. The second-order valence-electron chi connectivity index (χ2n) is 9.14. The zero-order chi connectivity index (χ0) is 24.1. The number of fused-ring (bicyclic) bond motifs is 3. The van der Waals surface area contributed by atoms with Crippen LogP contribution >= 0.6 is 0 Å². The van der Waals surface area contributed by atoms with Gasteiger partial charge < -0.3 is 4.90 Å². The fourth-order valence-corrected chi connectivity index (χ4v) is 7.48. The molecule has 0 spiro atoms. The van der Waals surface area contributed by atoms with Gasteiger partial charge in [0.1, 0.15) is 14.6 Å². The molecule has 0 saturated carbocycles. The standard InChI is InChI=1S/C32H24N3Si/c1-36-30-17-9-7-15-28(30)34(29-16-8-10-18-31(29)36)25-21-19-23(20-22-25)32-33-26-13-5-6-14-27(26)35(32)24-11-3-2-4-12-24/h2-22H,1H3. The number of hydrogen-bond acceptors (Lipinski definition) is 2. The highest BCUT2D eigenvalue weighted by Crippen LogP contribution is 2.37. The summed E-state index contributed by atoms with van der Waals surface area (Å²) in [5, 5.41) is 2.91. The highest BCUT2D eigenvalue weighted by molar-refractivity contribution is 6.87. The van der Waals surface area contributed by atoms with Gasteiger partial charge in [-0.05, 0) is 71.0 Å². The number of imidazole rings is 1. The summed E-state index contributed by atoms with van der Waals surface area (Å²) in [7, 11) is -0.802. The molecule has 4 heteroatoms. The van der Waals surface area contributed by atoms with Crippen LogP contribution in [0.2, 0.25) is 6.55 Å². The van der Waals surface area contributed by atoms with Crippen molar-refractivity contribution in [2.24, 2.45) is 0 Å². The Morgan fingerprint density at radius 2 is 1.14 bits per heavy atom. The lowest BCUT2D eigenvalue weighted by atomic mass is 10.1. The molecule has 1 aromatic heterocycles. The summed E-state index contributed by atoms with van der Waals surface area (Å²) in [5.74, 6) is 0.951. The molecule has 0 atom stereocenters. The highest BCUT2D eigenvalue weighted by Gasteiger charge is 2.29. The van der Waals surface area contributed by atoms with Crippen LogP contribution in [-0.4, -0.2) is 18.3 Å². The molecule has 0 aliphatic carbocycles. The summed E-state index contributed by atoms with van der Waals surface area (Å²) >= 11 is 0. The molecule has 1 radical (unpaired) electrons. The lowest BCUT2D eigenvalue weighted by Gasteiger charge is -2.36. The Labute approximate surface area is 212 Å². The number of hydrogen-bond donors (Lipinski definition) is 0. The molecule has 0 unspecified atom stereocenters. The van der Waals surface area contributed by atoms with E-state index in [2.05, 4.69) is 131 Å². The number of benzene rings is 5. The molecule has 0 N–H and O–H groups in total. The van der Waals surface area contributed by atoms with E-state index < -0.39 is 8.80 Å². The van der Waals surface area contributed by atoms with Crippen molar-refractivity contribution in [3.05, 3.63) is 127 Å². The molecule has 36 heavy (non-hydrogen) atoms. The van der Waals surface area contributed by atoms with Crippen LogP contribution in [0.4, 0.5) is 17.1 Å². The normalized spacial score (nSPS) is 13.0. The van der Waals surface area contributed by atoms with Gasteiger partial charge in [0.15, 0.2) is 0 Å². The molecule has 5 aromatic carbocycles. The summed E-state index contributed by atoms with van der Waals surface area (Å²) in [6.45, 7) is 2.40. The molecule has 0 fully saturated rings. The van der Waals surface area contributed by atoms with E-state index in [4.69, 9.17) is 4.98 Å². The SMILES string of the molecule is C[Si]1c2ccccc2N(c2ccc(-c3nc4ccccc4n3-c3ccccc3)cc2)c2ccccc21. The van der Waals surface area contributed by atoms with Gasteiger partial charge in [0.05, 0.1) is 11.0 Å². The second kappa shape index (κ2) is 8.36. The van der Waals surface area contributed by atoms with Gasteiger partial charge in [-0.1, -0.05) is 73.3 Å². The average molecular weight is 479 g/mol. The summed E-state index contributed by atoms with van der Waals surface area (Å²) in [6.07, 6.45) is 0. The molecule has 171 valence electrons. The van der Waals surface area contributed by atoms with Gasteiger partial charge in [-0.2, -0.15) is 0 Å². The van der Waals surface area contributed by atoms with Crippen molar-refractivity contribution >= 4 is 47.3 Å². The lowest BCUT2D eigenvalue weighted by Crippen LogP contribution is -2.47. The largest absolute Gasteiger partial charge is 0.311 e. The van der Waals surface area contributed by atoms with Gasteiger partial charge in [-0.25, -0.2) is 4.98 Å². The van der Waals surface area contributed by atoms with E-state index in [1.54, 1.807) is 0 Å². The predicted molar refractivity (Wildman–Crippen MR) is 152 cm³/mol. The van der Waals surface area contributed by atoms with Crippen LogP contribution in [0.1, 0.15) is 0 Å². The molecule has 7 rings (SSSR count). The van der Waals surface area contributed by atoms with Crippen LogP contribution in [0.15, 0.2) is 127 Å². The minimum absolute atomic E-state index is 0.802.